The van der Waals surface area contributed by atoms with Crippen LogP contribution < -0.4 is 10.9 Å². The minimum Gasteiger partial charge on any atom is -0.276 e. The van der Waals surface area contributed by atoms with Gasteiger partial charge < -0.3 is 0 Å². The third kappa shape index (κ3) is 4.77. The van der Waals surface area contributed by atoms with E-state index in [0.29, 0.717) is 15.1 Å². The maximum absolute atomic E-state index is 12.3. The highest BCUT2D eigenvalue weighted by Crippen LogP contribution is 2.36. The largest absolute Gasteiger partial charge is 0.345 e. The van der Waals surface area contributed by atoms with Crippen LogP contribution in [0.2, 0.25) is 5.02 Å². The Morgan fingerprint density at radius 1 is 1.14 bits per heavy atom. The molecular weight excluding hydrogens is 470 g/mol. The molecule has 0 saturated heterocycles. The van der Waals surface area contributed by atoms with Gasteiger partial charge in [-0.05, 0) is 52.3 Å². The molecule has 0 unspecified atom stereocenters. The fourth-order valence-electron chi connectivity index (χ4n) is 2.14. The second-order valence-corrected chi connectivity index (χ2v) is 7.60. The number of rotatable bonds is 6. The minimum atomic E-state index is -0.606. The van der Waals surface area contributed by atoms with E-state index in [9.17, 15) is 14.9 Å². The number of amides is 1. The van der Waals surface area contributed by atoms with Gasteiger partial charge in [-0.15, -0.1) is 0 Å². The molecule has 0 atom stereocenters. The lowest BCUT2D eigenvalue weighted by molar-refractivity contribution is -0.387. The fraction of sp³-hybridized carbons (Fsp3) is 0. The van der Waals surface area contributed by atoms with E-state index in [1.54, 1.807) is 48.5 Å². The zero-order valence-electron chi connectivity index (χ0n) is 13.9. The van der Waals surface area contributed by atoms with E-state index in [4.69, 9.17) is 11.6 Å². The molecule has 0 bridgehead atoms. The Labute approximate surface area is 177 Å². The average molecular weight is 481 g/mol. The van der Waals surface area contributed by atoms with Crippen molar-refractivity contribution in [3.8, 4) is 0 Å². The average Bonchev–Trinajstić information content (AvgIpc) is 2.68. The number of halogens is 2. The minimum absolute atomic E-state index is 0.125. The molecule has 1 aromatic heterocycles. The van der Waals surface area contributed by atoms with Gasteiger partial charge in [-0.1, -0.05) is 35.5 Å². The second kappa shape index (κ2) is 9.00. The van der Waals surface area contributed by atoms with E-state index in [0.717, 1.165) is 16.7 Å². The highest BCUT2D eigenvalue weighted by molar-refractivity contribution is 9.10. The number of benzene rings is 2. The van der Waals surface area contributed by atoms with Gasteiger partial charge in [-0.3, -0.25) is 25.8 Å². The Kier molecular flexibility index (Phi) is 6.45. The first kappa shape index (κ1) is 20.1. The molecule has 0 fully saturated rings. The summed E-state index contributed by atoms with van der Waals surface area (Å²) in [6.45, 7) is 0. The third-order valence-electron chi connectivity index (χ3n) is 3.41. The topological polar surface area (TPSA) is 110 Å². The van der Waals surface area contributed by atoms with Crippen LogP contribution in [-0.4, -0.2) is 20.8 Å². The Morgan fingerprint density at radius 3 is 2.54 bits per heavy atom. The van der Waals surface area contributed by atoms with E-state index in [1.165, 1.54) is 6.33 Å². The lowest BCUT2D eigenvalue weighted by Crippen LogP contribution is -2.30. The van der Waals surface area contributed by atoms with Crippen molar-refractivity contribution in [1.82, 2.24) is 15.4 Å². The Balaban J connectivity index is 1.83. The zero-order chi connectivity index (χ0) is 20.1. The predicted octanol–water partition coefficient (Wildman–Crippen LogP) is 4.71. The van der Waals surface area contributed by atoms with Crippen LogP contribution in [0.1, 0.15) is 10.4 Å². The Bertz CT molecular complexity index is 1040. The number of nitrogens with one attached hydrogen (secondary N) is 2. The monoisotopic (exact) mass is 479 g/mol. The molecule has 3 rings (SSSR count). The van der Waals surface area contributed by atoms with Crippen molar-refractivity contribution in [3.63, 3.8) is 0 Å². The van der Waals surface area contributed by atoms with E-state index < -0.39 is 10.8 Å². The van der Waals surface area contributed by atoms with E-state index in [2.05, 4.69) is 36.7 Å². The van der Waals surface area contributed by atoms with Gasteiger partial charge in [0.1, 0.15) is 6.33 Å². The molecule has 1 amide bonds. The molecule has 0 spiro atoms. The molecule has 1 heterocycles. The third-order valence-corrected chi connectivity index (χ3v) is 5.36. The van der Waals surface area contributed by atoms with Crippen LogP contribution in [-0.2, 0) is 0 Å². The van der Waals surface area contributed by atoms with E-state index >= 15 is 0 Å². The van der Waals surface area contributed by atoms with Gasteiger partial charge in [0, 0.05) is 14.4 Å². The number of hydrogen-bond acceptors (Lipinski definition) is 7. The maximum Gasteiger partial charge on any atom is 0.345 e. The quantitative estimate of drug-likeness (QED) is 0.299. The lowest BCUT2D eigenvalue weighted by Gasteiger charge is -2.10. The maximum atomic E-state index is 12.3. The number of nitrogens with zero attached hydrogens (tertiary/aromatic N) is 3. The summed E-state index contributed by atoms with van der Waals surface area (Å²) >= 11 is 10.2. The van der Waals surface area contributed by atoms with Crippen LogP contribution in [0, 0.1) is 10.1 Å². The SMILES string of the molecule is O=C(NNc1ncnc(Sc2ccc(Cl)cc2)c1[N+](=O)[O-])c1ccccc1Br. The summed E-state index contributed by atoms with van der Waals surface area (Å²) < 4.78 is 0.588. The van der Waals surface area contributed by atoms with E-state index in [-0.39, 0.29) is 16.5 Å². The van der Waals surface area contributed by atoms with Gasteiger partial charge in [-0.25, -0.2) is 9.97 Å². The number of nitro groups is 1. The van der Waals surface area contributed by atoms with Gasteiger partial charge in [0.2, 0.25) is 5.82 Å². The predicted molar refractivity (Wildman–Crippen MR) is 109 cm³/mol. The molecule has 2 N–H and O–H groups in total. The molecule has 0 aliphatic rings. The number of aromatic nitrogens is 2. The highest BCUT2D eigenvalue weighted by Gasteiger charge is 2.24. The number of carbonyl (C=O) groups is 1. The summed E-state index contributed by atoms with van der Waals surface area (Å²) in [4.78, 5) is 31.9. The van der Waals surface area contributed by atoms with Crippen LogP contribution in [0.25, 0.3) is 0 Å². The van der Waals surface area contributed by atoms with Gasteiger partial charge >= 0.3 is 5.69 Å². The molecule has 3 aromatic rings. The summed E-state index contributed by atoms with van der Waals surface area (Å²) in [5.74, 6) is -0.607. The zero-order valence-corrected chi connectivity index (χ0v) is 17.1. The molecular formula is C17H11BrClN5O3S. The number of carbonyl (C=O) groups excluding carboxylic acids is 1. The summed E-state index contributed by atoms with van der Waals surface area (Å²) in [5, 5.41) is 12.3. The standard InChI is InChI=1S/C17H11BrClN5O3S/c18-13-4-2-1-3-12(13)16(25)23-22-15-14(24(26)27)17(21-9-20-15)28-11-7-5-10(19)6-8-11/h1-9H,(H,23,25)(H,20,21,22). The van der Waals surface area contributed by atoms with Gasteiger partial charge in [0.25, 0.3) is 5.91 Å². The summed E-state index contributed by atoms with van der Waals surface area (Å²) in [5.41, 5.74) is 4.93. The van der Waals surface area contributed by atoms with E-state index in [1.807, 2.05) is 0 Å². The molecule has 0 saturated carbocycles. The van der Waals surface area contributed by atoms with Crippen LogP contribution in [0.3, 0.4) is 0 Å². The normalized spacial score (nSPS) is 10.4. The van der Waals surface area contributed by atoms with Gasteiger partial charge in [0.05, 0.1) is 10.5 Å². The fourth-order valence-corrected chi connectivity index (χ4v) is 3.59. The van der Waals surface area contributed by atoms with Crippen molar-refractivity contribution in [2.24, 2.45) is 0 Å². The van der Waals surface area contributed by atoms with Crippen molar-refractivity contribution in [2.45, 2.75) is 9.92 Å². The number of hydrogen-bond donors (Lipinski definition) is 2. The molecule has 0 aliphatic heterocycles. The second-order valence-electron chi connectivity index (χ2n) is 5.25. The van der Waals surface area contributed by atoms with Crippen molar-refractivity contribution >= 4 is 56.7 Å². The van der Waals surface area contributed by atoms with Crippen LogP contribution >= 0.6 is 39.3 Å². The molecule has 2 aromatic carbocycles. The van der Waals surface area contributed by atoms with Gasteiger partial charge in [0.15, 0.2) is 5.03 Å². The lowest BCUT2D eigenvalue weighted by atomic mass is 10.2. The van der Waals surface area contributed by atoms with Crippen LogP contribution in [0.15, 0.2) is 69.3 Å². The smallest absolute Gasteiger partial charge is 0.276 e. The first-order valence-corrected chi connectivity index (χ1v) is 9.68. The first-order valence-electron chi connectivity index (χ1n) is 7.69. The molecule has 0 aliphatic carbocycles. The number of anilines is 1. The molecule has 11 heteroatoms. The molecule has 8 nitrogen and oxygen atoms in total. The molecule has 28 heavy (non-hydrogen) atoms. The summed E-state index contributed by atoms with van der Waals surface area (Å²) in [7, 11) is 0. The number of hydrazine groups is 1. The van der Waals surface area contributed by atoms with Crippen molar-refractivity contribution < 1.29 is 9.72 Å². The summed E-state index contributed by atoms with van der Waals surface area (Å²) in [6, 6.07) is 13.6. The first-order chi connectivity index (χ1) is 13.5. The highest BCUT2D eigenvalue weighted by atomic mass is 79.9. The van der Waals surface area contributed by atoms with Crippen molar-refractivity contribution in [2.75, 3.05) is 5.43 Å². The summed E-state index contributed by atoms with van der Waals surface area (Å²) in [6.07, 6.45) is 1.18. The Hall–Kier alpha value is -2.69. The Morgan fingerprint density at radius 2 is 1.86 bits per heavy atom. The van der Waals surface area contributed by atoms with Crippen LogP contribution in [0.4, 0.5) is 11.5 Å². The van der Waals surface area contributed by atoms with Crippen LogP contribution in [0.5, 0.6) is 0 Å². The van der Waals surface area contributed by atoms with Gasteiger partial charge in [-0.2, -0.15) is 0 Å². The van der Waals surface area contributed by atoms with Crippen molar-refractivity contribution in [3.05, 3.63) is 80.0 Å². The molecule has 142 valence electrons. The molecule has 0 radical (unpaired) electrons. The van der Waals surface area contributed by atoms with Crippen molar-refractivity contribution in [1.29, 1.82) is 0 Å².